The van der Waals surface area contributed by atoms with E-state index in [-0.39, 0.29) is 11.3 Å². The van der Waals surface area contributed by atoms with Gasteiger partial charge >= 0.3 is 0 Å². The number of unbranched alkanes of at least 4 members (excludes halogenated alkanes) is 2. The number of hydrogen-bond donors (Lipinski definition) is 0. The van der Waals surface area contributed by atoms with E-state index in [1.54, 1.807) is 10.6 Å². The maximum atomic E-state index is 14.0. The maximum Gasteiger partial charge on any atom is 0.262 e. The summed E-state index contributed by atoms with van der Waals surface area (Å²) in [7, 11) is 1.44. The molecule has 0 radical (unpaired) electrons. The van der Waals surface area contributed by atoms with Gasteiger partial charge < -0.3 is 4.74 Å². The van der Waals surface area contributed by atoms with E-state index in [0.717, 1.165) is 30.3 Å². The van der Waals surface area contributed by atoms with E-state index in [1.807, 2.05) is 34.7 Å². The van der Waals surface area contributed by atoms with Gasteiger partial charge in [0, 0.05) is 12.3 Å². The van der Waals surface area contributed by atoms with E-state index in [1.165, 1.54) is 24.9 Å². The molecule has 0 aliphatic heterocycles. The Balaban J connectivity index is 1.74. The number of halogens is 1. The van der Waals surface area contributed by atoms with E-state index in [0.29, 0.717) is 28.6 Å². The summed E-state index contributed by atoms with van der Waals surface area (Å²) in [5, 5.41) is 9.98. The van der Waals surface area contributed by atoms with E-state index >= 15 is 0 Å². The van der Waals surface area contributed by atoms with Gasteiger partial charge in [0.05, 0.1) is 18.0 Å². The lowest BCUT2D eigenvalue weighted by Gasteiger charge is -2.11. The molecule has 4 aromatic rings. The highest BCUT2D eigenvalue weighted by molar-refractivity contribution is 7.98. The molecule has 0 unspecified atom stereocenters. The van der Waals surface area contributed by atoms with E-state index < -0.39 is 5.82 Å². The smallest absolute Gasteiger partial charge is 0.262 e. The summed E-state index contributed by atoms with van der Waals surface area (Å²) in [6.45, 7) is 2.74. The van der Waals surface area contributed by atoms with Crippen molar-refractivity contribution in [2.24, 2.45) is 0 Å². The second-order valence-corrected chi connectivity index (χ2v) is 8.00. The Morgan fingerprint density at radius 3 is 2.73 bits per heavy atom. The quantitative estimate of drug-likeness (QED) is 0.303. The second kappa shape index (κ2) is 8.87. The first-order valence-electron chi connectivity index (χ1n) is 9.96. The van der Waals surface area contributed by atoms with Gasteiger partial charge in [-0.2, -0.15) is 0 Å². The largest absolute Gasteiger partial charge is 0.494 e. The van der Waals surface area contributed by atoms with Gasteiger partial charge in [0.2, 0.25) is 5.78 Å². The van der Waals surface area contributed by atoms with Gasteiger partial charge in [0.1, 0.15) is 0 Å². The number of benzene rings is 2. The van der Waals surface area contributed by atoms with Crippen LogP contribution in [-0.4, -0.2) is 26.3 Å². The number of rotatable bonds is 8. The molecule has 0 N–H and O–H groups in total. The van der Waals surface area contributed by atoms with E-state index in [9.17, 15) is 9.18 Å². The van der Waals surface area contributed by atoms with Crippen molar-refractivity contribution in [3.63, 3.8) is 0 Å². The number of thioether (sulfide) groups is 1. The molecule has 2 aromatic carbocycles. The number of fused-ring (bicyclic) bond motifs is 3. The van der Waals surface area contributed by atoms with Crippen LogP contribution in [0.25, 0.3) is 16.7 Å². The fourth-order valence-corrected chi connectivity index (χ4v) is 4.38. The van der Waals surface area contributed by atoms with Crippen molar-refractivity contribution in [3.8, 4) is 5.75 Å². The lowest BCUT2D eigenvalue weighted by molar-refractivity contribution is 0.386. The van der Waals surface area contributed by atoms with Crippen LogP contribution in [0, 0.1) is 5.82 Å². The summed E-state index contributed by atoms with van der Waals surface area (Å²) < 4.78 is 22.6. The molecule has 0 spiro atoms. The lowest BCUT2D eigenvalue weighted by atomic mass is 10.2. The van der Waals surface area contributed by atoms with E-state index in [4.69, 9.17) is 4.74 Å². The molecule has 2 heterocycles. The molecule has 0 aliphatic carbocycles. The third-order valence-corrected chi connectivity index (χ3v) is 6.05. The van der Waals surface area contributed by atoms with Crippen LogP contribution in [0.15, 0.2) is 52.4 Å². The molecule has 2 aromatic heterocycles. The first kappa shape index (κ1) is 20.4. The van der Waals surface area contributed by atoms with Gasteiger partial charge in [-0.05, 0) is 36.2 Å². The van der Waals surface area contributed by atoms with Gasteiger partial charge in [0.25, 0.3) is 5.56 Å². The molecule has 0 atom stereocenters. The number of methoxy groups -OCH3 is 1. The molecule has 8 heteroatoms. The summed E-state index contributed by atoms with van der Waals surface area (Å²) >= 11 is 1.46. The average Bonchev–Trinajstić information content (AvgIpc) is 3.19. The molecular weight excluding hydrogens is 403 g/mol. The highest BCUT2D eigenvalue weighted by atomic mass is 32.2. The fourth-order valence-electron chi connectivity index (χ4n) is 3.50. The van der Waals surface area contributed by atoms with E-state index in [2.05, 4.69) is 17.1 Å². The zero-order chi connectivity index (χ0) is 21.1. The second-order valence-electron chi connectivity index (χ2n) is 7.06. The number of aryl methyl sites for hydroxylation is 1. The molecule has 0 aliphatic rings. The zero-order valence-electron chi connectivity index (χ0n) is 17.0. The van der Waals surface area contributed by atoms with Crippen molar-refractivity contribution in [3.05, 3.63) is 64.2 Å². The molecule has 0 fully saturated rings. The fraction of sp³-hybridized carbons (Fsp3) is 0.318. The Labute approximate surface area is 177 Å². The Hall–Kier alpha value is -2.87. The number of nitrogens with zero attached hydrogens (tertiary/aromatic N) is 4. The van der Waals surface area contributed by atoms with Crippen LogP contribution in [0.1, 0.15) is 31.7 Å². The molecule has 0 amide bonds. The summed E-state index contributed by atoms with van der Waals surface area (Å²) in [4.78, 5) is 13.0. The van der Waals surface area contributed by atoms with Crippen LogP contribution in [0.3, 0.4) is 0 Å². The zero-order valence-corrected chi connectivity index (χ0v) is 17.8. The average molecular weight is 427 g/mol. The first-order valence-corrected chi connectivity index (χ1v) is 10.9. The van der Waals surface area contributed by atoms with Crippen molar-refractivity contribution in [1.82, 2.24) is 19.2 Å². The van der Waals surface area contributed by atoms with Gasteiger partial charge in [0.15, 0.2) is 16.7 Å². The predicted octanol–water partition coefficient (Wildman–Crippen LogP) is 4.67. The summed E-state index contributed by atoms with van der Waals surface area (Å²) in [5.74, 6) is 0.888. The topological polar surface area (TPSA) is 61.4 Å². The molecule has 0 saturated carbocycles. The molecule has 0 saturated heterocycles. The summed E-state index contributed by atoms with van der Waals surface area (Å²) in [5.41, 5.74) is 1.55. The van der Waals surface area contributed by atoms with Crippen LogP contribution in [-0.2, 0) is 12.3 Å². The van der Waals surface area contributed by atoms with Crippen LogP contribution < -0.4 is 10.3 Å². The van der Waals surface area contributed by atoms with Crippen LogP contribution in [0.5, 0.6) is 5.75 Å². The molecule has 6 nitrogen and oxygen atoms in total. The highest BCUT2D eigenvalue weighted by Crippen LogP contribution is 2.26. The van der Waals surface area contributed by atoms with Crippen molar-refractivity contribution < 1.29 is 9.13 Å². The Kier molecular flexibility index (Phi) is 6.03. The van der Waals surface area contributed by atoms with Crippen LogP contribution in [0.4, 0.5) is 4.39 Å². The predicted molar refractivity (Wildman–Crippen MR) is 117 cm³/mol. The van der Waals surface area contributed by atoms with Gasteiger partial charge in [-0.1, -0.05) is 49.7 Å². The summed E-state index contributed by atoms with van der Waals surface area (Å²) in [6.07, 6.45) is 3.03. The third kappa shape index (κ3) is 3.79. The number of aromatic nitrogens is 4. The van der Waals surface area contributed by atoms with Crippen molar-refractivity contribution in [2.75, 3.05) is 7.11 Å². The molecular formula is C22H23FN4O2S. The minimum absolute atomic E-state index is 0.0459. The van der Waals surface area contributed by atoms with Gasteiger partial charge in [-0.3, -0.25) is 13.8 Å². The summed E-state index contributed by atoms with van der Waals surface area (Å²) in [6, 6.07) is 12.4. The number of hydrogen-bond acceptors (Lipinski definition) is 5. The van der Waals surface area contributed by atoms with Crippen molar-refractivity contribution in [2.45, 2.75) is 43.6 Å². The van der Waals surface area contributed by atoms with Crippen molar-refractivity contribution >= 4 is 28.4 Å². The Bertz CT molecular complexity index is 1250. The molecule has 0 bridgehead atoms. The molecule has 4 rings (SSSR count). The lowest BCUT2D eigenvalue weighted by Crippen LogP contribution is -2.23. The molecule has 156 valence electrons. The third-order valence-electron chi connectivity index (χ3n) is 5.05. The minimum atomic E-state index is -0.392. The molecule has 30 heavy (non-hydrogen) atoms. The maximum absolute atomic E-state index is 14.0. The number of para-hydroxylation sites is 1. The van der Waals surface area contributed by atoms with Crippen LogP contribution >= 0.6 is 11.8 Å². The van der Waals surface area contributed by atoms with Gasteiger partial charge in [-0.25, -0.2) is 4.39 Å². The SMILES string of the molecule is CCCCCn1c(=O)c2ccccc2n2c(SCc3ccc(OC)c(F)c3)nnc12. The highest BCUT2D eigenvalue weighted by Gasteiger charge is 2.17. The number of ether oxygens (including phenoxy) is 1. The van der Waals surface area contributed by atoms with Gasteiger partial charge in [-0.15, -0.1) is 10.2 Å². The monoisotopic (exact) mass is 426 g/mol. The Morgan fingerprint density at radius 2 is 1.97 bits per heavy atom. The van der Waals surface area contributed by atoms with Crippen LogP contribution in [0.2, 0.25) is 0 Å². The van der Waals surface area contributed by atoms with Crippen molar-refractivity contribution in [1.29, 1.82) is 0 Å². The Morgan fingerprint density at radius 1 is 1.13 bits per heavy atom. The minimum Gasteiger partial charge on any atom is -0.494 e. The standard InChI is InChI=1S/C22H23FN4O2S/c1-3-4-7-12-26-20(28)16-8-5-6-9-18(16)27-21(26)24-25-22(27)30-14-15-10-11-19(29-2)17(23)13-15/h5-6,8-11,13H,3-4,7,12,14H2,1-2H3. The first-order chi connectivity index (χ1) is 14.6. The normalized spacial score (nSPS) is 11.4.